The minimum atomic E-state index is -0.236. The first-order chi connectivity index (χ1) is 8.52. The highest BCUT2D eigenvalue weighted by Gasteiger charge is 2.12. The van der Waals surface area contributed by atoms with Crippen LogP contribution in [0.5, 0.6) is 0 Å². The van der Waals surface area contributed by atoms with Crippen molar-refractivity contribution >= 4 is 5.91 Å². The molecule has 2 N–H and O–H groups in total. The highest BCUT2D eigenvalue weighted by atomic mass is 19.1. The average molecular weight is 252 g/mol. The lowest BCUT2D eigenvalue weighted by atomic mass is 10.1. The molecule has 0 heterocycles. The number of halogens is 1. The molecule has 1 rings (SSSR count). The molecule has 0 aliphatic rings. The first-order valence-corrected chi connectivity index (χ1v) is 6.21. The van der Waals surface area contributed by atoms with E-state index in [-0.39, 0.29) is 17.6 Å². The maximum atomic E-state index is 12.7. The molecule has 0 aliphatic carbocycles. The van der Waals surface area contributed by atoms with Gasteiger partial charge in [-0.05, 0) is 36.6 Å². The summed E-state index contributed by atoms with van der Waals surface area (Å²) in [6, 6.07) is 6.37. The van der Waals surface area contributed by atoms with Crippen LogP contribution >= 0.6 is 0 Å². The zero-order valence-corrected chi connectivity index (χ0v) is 11.0. The summed E-state index contributed by atoms with van der Waals surface area (Å²) < 4.78 is 12.7. The number of nitrogens with two attached hydrogens (primary N) is 1. The Bertz CT molecular complexity index is 378. The zero-order chi connectivity index (χ0) is 13.5. The third-order valence-corrected chi connectivity index (χ3v) is 3.00. The SMILES string of the molecule is CC(CN)CC(=O)N(C)CCc1ccc(F)cc1. The van der Waals surface area contributed by atoms with Crippen LogP contribution in [0.4, 0.5) is 4.39 Å². The van der Waals surface area contributed by atoms with Crippen molar-refractivity contribution in [3.8, 4) is 0 Å². The molecule has 1 atom stereocenters. The van der Waals surface area contributed by atoms with Crippen molar-refractivity contribution in [1.29, 1.82) is 0 Å². The Hall–Kier alpha value is -1.42. The summed E-state index contributed by atoms with van der Waals surface area (Å²) in [7, 11) is 1.79. The van der Waals surface area contributed by atoms with E-state index in [0.717, 1.165) is 12.0 Å². The van der Waals surface area contributed by atoms with Crippen LogP contribution in [0.1, 0.15) is 18.9 Å². The van der Waals surface area contributed by atoms with Crippen molar-refractivity contribution in [3.63, 3.8) is 0 Å². The molecular weight excluding hydrogens is 231 g/mol. The number of nitrogens with zero attached hydrogens (tertiary/aromatic N) is 1. The van der Waals surface area contributed by atoms with Gasteiger partial charge < -0.3 is 10.6 Å². The van der Waals surface area contributed by atoms with Gasteiger partial charge >= 0.3 is 0 Å². The number of hydrogen-bond donors (Lipinski definition) is 1. The number of carbonyl (C=O) groups is 1. The lowest BCUT2D eigenvalue weighted by Gasteiger charge is -2.19. The second-order valence-corrected chi connectivity index (χ2v) is 4.74. The van der Waals surface area contributed by atoms with Crippen molar-refractivity contribution in [1.82, 2.24) is 4.90 Å². The monoisotopic (exact) mass is 252 g/mol. The molecule has 0 bridgehead atoms. The number of hydrogen-bond acceptors (Lipinski definition) is 2. The Morgan fingerprint density at radius 2 is 2.00 bits per heavy atom. The van der Waals surface area contributed by atoms with Crippen LogP contribution in [0, 0.1) is 11.7 Å². The molecule has 3 nitrogen and oxygen atoms in total. The van der Waals surface area contributed by atoms with Gasteiger partial charge in [0.05, 0.1) is 0 Å². The van der Waals surface area contributed by atoms with Crippen molar-refractivity contribution in [2.24, 2.45) is 11.7 Å². The Labute approximate surface area is 108 Å². The van der Waals surface area contributed by atoms with Crippen LogP contribution < -0.4 is 5.73 Å². The summed E-state index contributed by atoms with van der Waals surface area (Å²) in [5.41, 5.74) is 6.52. The van der Waals surface area contributed by atoms with Crippen LogP contribution in [0.25, 0.3) is 0 Å². The van der Waals surface area contributed by atoms with E-state index in [1.807, 2.05) is 6.92 Å². The first-order valence-electron chi connectivity index (χ1n) is 6.21. The van der Waals surface area contributed by atoms with E-state index >= 15 is 0 Å². The van der Waals surface area contributed by atoms with Crippen LogP contribution in [0.3, 0.4) is 0 Å². The summed E-state index contributed by atoms with van der Waals surface area (Å²) in [4.78, 5) is 13.5. The fraction of sp³-hybridized carbons (Fsp3) is 0.500. The lowest BCUT2D eigenvalue weighted by Crippen LogP contribution is -2.31. The van der Waals surface area contributed by atoms with Crippen LogP contribution in [0.15, 0.2) is 24.3 Å². The first kappa shape index (κ1) is 14.6. The van der Waals surface area contributed by atoms with Gasteiger partial charge in [0, 0.05) is 20.0 Å². The van der Waals surface area contributed by atoms with Crippen molar-refractivity contribution in [3.05, 3.63) is 35.6 Å². The van der Waals surface area contributed by atoms with Crippen LogP contribution in [-0.4, -0.2) is 30.9 Å². The number of benzene rings is 1. The van der Waals surface area contributed by atoms with Gasteiger partial charge in [-0.25, -0.2) is 4.39 Å². The summed E-state index contributed by atoms with van der Waals surface area (Å²) in [5.74, 6) is 0.0841. The van der Waals surface area contributed by atoms with Gasteiger partial charge in [-0.1, -0.05) is 19.1 Å². The Balaban J connectivity index is 2.38. The third kappa shape index (κ3) is 4.84. The molecule has 0 saturated heterocycles. The molecule has 1 aromatic rings. The Morgan fingerprint density at radius 1 is 1.39 bits per heavy atom. The molecule has 0 fully saturated rings. The van der Waals surface area contributed by atoms with Crippen molar-refractivity contribution in [2.45, 2.75) is 19.8 Å². The van der Waals surface area contributed by atoms with Gasteiger partial charge in [0.25, 0.3) is 0 Å². The third-order valence-electron chi connectivity index (χ3n) is 3.00. The summed E-state index contributed by atoms with van der Waals surface area (Å²) >= 11 is 0. The Morgan fingerprint density at radius 3 is 2.56 bits per heavy atom. The molecule has 100 valence electrons. The van der Waals surface area contributed by atoms with E-state index in [2.05, 4.69) is 0 Å². The minimum Gasteiger partial charge on any atom is -0.345 e. The topological polar surface area (TPSA) is 46.3 Å². The predicted molar refractivity (Wildman–Crippen MR) is 70.6 cm³/mol. The highest BCUT2D eigenvalue weighted by molar-refractivity contribution is 5.76. The van der Waals surface area contributed by atoms with Gasteiger partial charge in [-0.15, -0.1) is 0 Å². The number of rotatable bonds is 6. The largest absolute Gasteiger partial charge is 0.345 e. The van der Waals surface area contributed by atoms with Gasteiger partial charge in [-0.3, -0.25) is 4.79 Å². The standard InChI is InChI=1S/C14H21FN2O/c1-11(10-16)9-14(18)17(2)8-7-12-3-5-13(15)6-4-12/h3-6,11H,7-10,16H2,1-2H3. The minimum absolute atomic E-state index is 0.107. The molecule has 1 unspecified atom stereocenters. The molecule has 1 aromatic carbocycles. The molecule has 4 heteroatoms. The molecule has 0 spiro atoms. The summed E-state index contributed by atoms with van der Waals surface area (Å²) in [6.45, 7) is 3.13. The van der Waals surface area contributed by atoms with Crippen molar-refractivity contribution in [2.75, 3.05) is 20.1 Å². The fourth-order valence-electron chi connectivity index (χ4n) is 1.61. The number of amides is 1. The van der Waals surface area contributed by atoms with Crippen molar-refractivity contribution < 1.29 is 9.18 Å². The van der Waals surface area contributed by atoms with E-state index in [4.69, 9.17) is 5.73 Å². The molecule has 1 amide bonds. The van der Waals surface area contributed by atoms with E-state index < -0.39 is 0 Å². The van der Waals surface area contributed by atoms with Crippen LogP contribution in [0.2, 0.25) is 0 Å². The summed E-state index contributed by atoms with van der Waals surface area (Å²) in [5, 5.41) is 0. The van der Waals surface area contributed by atoms with Gasteiger partial charge in [0.1, 0.15) is 5.82 Å². The molecule has 0 aliphatic heterocycles. The second-order valence-electron chi connectivity index (χ2n) is 4.74. The van der Waals surface area contributed by atoms with Crippen LogP contribution in [-0.2, 0) is 11.2 Å². The average Bonchev–Trinajstić information content (AvgIpc) is 2.37. The van der Waals surface area contributed by atoms with E-state index in [9.17, 15) is 9.18 Å². The highest BCUT2D eigenvalue weighted by Crippen LogP contribution is 2.06. The van der Waals surface area contributed by atoms with E-state index in [1.165, 1.54) is 12.1 Å². The lowest BCUT2D eigenvalue weighted by molar-refractivity contribution is -0.130. The van der Waals surface area contributed by atoms with Gasteiger partial charge in [-0.2, -0.15) is 0 Å². The number of carbonyl (C=O) groups excluding carboxylic acids is 1. The quantitative estimate of drug-likeness (QED) is 0.839. The maximum absolute atomic E-state index is 12.7. The summed E-state index contributed by atoms with van der Waals surface area (Å²) in [6.07, 6.45) is 1.22. The maximum Gasteiger partial charge on any atom is 0.222 e. The molecular formula is C14H21FN2O. The molecule has 0 radical (unpaired) electrons. The van der Waals surface area contributed by atoms with E-state index in [1.54, 1.807) is 24.1 Å². The molecule has 18 heavy (non-hydrogen) atoms. The number of likely N-dealkylation sites (N-methyl/N-ethyl adjacent to an activating group) is 1. The van der Waals surface area contributed by atoms with Gasteiger partial charge in [0.15, 0.2) is 0 Å². The normalized spacial score (nSPS) is 12.2. The Kier molecular flexibility index (Phi) is 5.78. The molecule has 0 aromatic heterocycles. The fourth-order valence-corrected chi connectivity index (χ4v) is 1.61. The molecule has 0 saturated carbocycles. The predicted octanol–water partition coefficient (Wildman–Crippen LogP) is 1.81. The zero-order valence-electron chi connectivity index (χ0n) is 11.0. The second kappa shape index (κ2) is 7.11. The van der Waals surface area contributed by atoms with E-state index in [0.29, 0.717) is 19.5 Å². The smallest absolute Gasteiger partial charge is 0.222 e. The van der Waals surface area contributed by atoms with Gasteiger partial charge in [0.2, 0.25) is 5.91 Å².